The third kappa shape index (κ3) is 6.20. The number of rotatable bonds is 7. The van der Waals surface area contributed by atoms with Gasteiger partial charge in [0.15, 0.2) is 5.65 Å². The molecule has 1 aromatic carbocycles. The van der Waals surface area contributed by atoms with E-state index < -0.39 is 29.4 Å². The van der Waals surface area contributed by atoms with Crippen LogP contribution >= 0.6 is 11.6 Å². The lowest BCUT2D eigenvalue weighted by Crippen LogP contribution is -2.44. The minimum atomic E-state index is -4.56. The Morgan fingerprint density at radius 3 is 2.55 bits per heavy atom. The number of nitrogens with one attached hydrogen (secondary N) is 2. The Labute approximate surface area is 254 Å². The van der Waals surface area contributed by atoms with Crippen molar-refractivity contribution >= 4 is 34.9 Å². The molecule has 44 heavy (non-hydrogen) atoms. The molecule has 2 amide bonds. The third-order valence-corrected chi connectivity index (χ3v) is 8.36. The fourth-order valence-corrected chi connectivity index (χ4v) is 5.96. The van der Waals surface area contributed by atoms with Gasteiger partial charge in [0.1, 0.15) is 11.9 Å². The van der Waals surface area contributed by atoms with Crippen LogP contribution in [0.15, 0.2) is 59.7 Å². The molecule has 6 rings (SSSR count). The monoisotopic (exact) mass is 627 g/mol. The number of hydrogen-bond donors (Lipinski definition) is 2. The number of fused-ring (bicyclic) bond motifs is 1. The molecule has 10 nitrogen and oxygen atoms in total. The normalized spacial score (nSPS) is 18.2. The Balaban J connectivity index is 1.06. The van der Waals surface area contributed by atoms with E-state index in [2.05, 4.69) is 20.7 Å². The van der Waals surface area contributed by atoms with Crippen LogP contribution in [-0.2, 0) is 22.3 Å². The van der Waals surface area contributed by atoms with Crippen molar-refractivity contribution in [2.45, 2.75) is 44.4 Å². The molecule has 0 bridgehead atoms. The van der Waals surface area contributed by atoms with Gasteiger partial charge in [-0.3, -0.25) is 19.3 Å². The number of imide groups is 1. The fraction of sp³-hybridized carbons (Fsp3) is 0.367. The predicted octanol–water partition coefficient (Wildman–Crippen LogP) is 4.21. The van der Waals surface area contributed by atoms with Crippen LogP contribution in [0.4, 0.5) is 19.0 Å². The molecule has 2 aliphatic rings. The summed E-state index contributed by atoms with van der Waals surface area (Å²) in [7, 11) is 0. The van der Waals surface area contributed by atoms with E-state index in [0.29, 0.717) is 60.8 Å². The SMILES string of the molecule is O=C1CCC(n2nc3cc(CNCC4CCN(c5ncc(-c6cccc(Cl)c6)cc5C(F)(F)F)CC4)ccn3c2=O)C(=O)N1. The number of pyridine rings is 2. The molecule has 5 heterocycles. The molecule has 230 valence electrons. The summed E-state index contributed by atoms with van der Waals surface area (Å²) in [6.07, 6.45) is 0.262. The quantitative estimate of drug-likeness (QED) is 0.295. The van der Waals surface area contributed by atoms with Crippen molar-refractivity contribution in [3.05, 3.63) is 81.5 Å². The topological polar surface area (TPSA) is 114 Å². The van der Waals surface area contributed by atoms with Gasteiger partial charge in [-0.15, -0.1) is 5.10 Å². The van der Waals surface area contributed by atoms with Crippen LogP contribution in [0.5, 0.6) is 0 Å². The molecule has 14 heteroatoms. The van der Waals surface area contributed by atoms with Crippen molar-refractivity contribution < 1.29 is 22.8 Å². The van der Waals surface area contributed by atoms with Crippen molar-refractivity contribution in [1.29, 1.82) is 0 Å². The van der Waals surface area contributed by atoms with Crippen LogP contribution in [0.25, 0.3) is 16.8 Å². The number of carbonyl (C=O) groups is 2. The minimum Gasteiger partial charge on any atom is -0.356 e. The van der Waals surface area contributed by atoms with Crippen molar-refractivity contribution in [3.8, 4) is 11.1 Å². The Hall–Kier alpha value is -4.23. The maximum absolute atomic E-state index is 14.1. The van der Waals surface area contributed by atoms with Gasteiger partial charge in [-0.25, -0.2) is 9.78 Å². The summed E-state index contributed by atoms with van der Waals surface area (Å²) >= 11 is 6.03. The highest BCUT2D eigenvalue weighted by Gasteiger charge is 2.37. The van der Waals surface area contributed by atoms with Gasteiger partial charge >= 0.3 is 11.9 Å². The first-order valence-electron chi connectivity index (χ1n) is 14.3. The smallest absolute Gasteiger partial charge is 0.356 e. The third-order valence-electron chi connectivity index (χ3n) is 8.12. The number of benzene rings is 1. The second-order valence-electron chi connectivity index (χ2n) is 11.1. The number of carbonyl (C=O) groups excluding carboxylic acids is 2. The zero-order chi connectivity index (χ0) is 31.0. The van der Waals surface area contributed by atoms with Crippen LogP contribution < -0.4 is 21.2 Å². The molecule has 0 aliphatic carbocycles. The molecule has 2 aliphatic heterocycles. The second-order valence-corrected chi connectivity index (χ2v) is 11.6. The zero-order valence-corrected chi connectivity index (χ0v) is 24.2. The molecule has 1 unspecified atom stereocenters. The summed E-state index contributed by atoms with van der Waals surface area (Å²) in [5.74, 6) is -0.701. The van der Waals surface area contributed by atoms with Gasteiger partial charge in [-0.1, -0.05) is 23.7 Å². The van der Waals surface area contributed by atoms with Crippen molar-refractivity contribution in [2.24, 2.45) is 5.92 Å². The molecular formula is C30H29ClF3N7O3. The average molecular weight is 628 g/mol. The van der Waals surface area contributed by atoms with E-state index in [4.69, 9.17) is 11.6 Å². The van der Waals surface area contributed by atoms with Crippen LogP contribution in [0.3, 0.4) is 0 Å². The minimum absolute atomic E-state index is 0.0602. The molecule has 2 N–H and O–H groups in total. The highest BCUT2D eigenvalue weighted by Crippen LogP contribution is 2.39. The first-order chi connectivity index (χ1) is 21.1. The number of halogens is 4. The number of amides is 2. The van der Waals surface area contributed by atoms with Crippen LogP contribution in [0, 0.1) is 5.92 Å². The molecule has 2 fully saturated rings. The molecule has 0 saturated carbocycles. The van der Waals surface area contributed by atoms with E-state index in [-0.39, 0.29) is 30.5 Å². The van der Waals surface area contributed by atoms with Gasteiger partial charge in [-0.2, -0.15) is 17.9 Å². The number of hydrogen-bond acceptors (Lipinski definition) is 7. The van der Waals surface area contributed by atoms with Crippen LogP contribution in [-0.4, -0.2) is 50.6 Å². The highest BCUT2D eigenvalue weighted by atomic mass is 35.5. The summed E-state index contributed by atoms with van der Waals surface area (Å²) in [4.78, 5) is 42.4. The van der Waals surface area contributed by atoms with Gasteiger partial charge in [-0.05, 0) is 73.2 Å². The number of aromatic nitrogens is 4. The van der Waals surface area contributed by atoms with E-state index in [1.54, 1.807) is 47.5 Å². The molecule has 0 spiro atoms. The molecule has 3 aromatic heterocycles. The lowest BCUT2D eigenvalue weighted by Gasteiger charge is -2.34. The predicted molar refractivity (Wildman–Crippen MR) is 157 cm³/mol. The van der Waals surface area contributed by atoms with Crippen molar-refractivity contribution in [1.82, 2.24) is 29.8 Å². The molecule has 0 radical (unpaired) electrons. The number of nitrogens with zero attached hydrogens (tertiary/aromatic N) is 5. The fourth-order valence-electron chi connectivity index (χ4n) is 5.77. The van der Waals surface area contributed by atoms with Gasteiger partial charge in [0.25, 0.3) is 5.91 Å². The zero-order valence-electron chi connectivity index (χ0n) is 23.5. The van der Waals surface area contributed by atoms with Gasteiger partial charge in [0.2, 0.25) is 5.91 Å². The standard InChI is InChI=1S/C30H29ClF3N7O3/c31-22-3-1-2-20(13-22)21-14-23(30(32,33)34)27(36-17-21)39-9-6-18(7-10-39)15-35-16-19-8-11-40-25(12-19)38-41(29(40)44)24-4-5-26(42)37-28(24)43/h1-3,8,11-14,17-18,24,35H,4-7,9-10,15-16H2,(H,37,42,43). The Bertz CT molecular complexity index is 1780. The van der Waals surface area contributed by atoms with Gasteiger partial charge in [0, 0.05) is 49.0 Å². The van der Waals surface area contributed by atoms with E-state index >= 15 is 0 Å². The number of alkyl halides is 3. The molecule has 4 aromatic rings. The van der Waals surface area contributed by atoms with Gasteiger partial charge < -0.3 is 10.2 Å². The van der Waals surface area contributed by atoms with Crippen LogP contribution in [0.1, 0.15) is 42.9 Å². The summed E-state index contributed by atoms with van der Waals surface area (Å²) in [6, 6.07) is 10.5. The van der Waals surface area contributed by atoms with Crippen molar-refractivity contribution in [3.63, 3.8) is 0 Å². The number of piperidine rings is 2. The Morgan fingerprint density at radius 1 is 1.02 bits per heavy atom. The molecule has 2 saturated heterocycles. The van der Waals surface area contributed by atoms with E-state index in [1.165, 1.54) is 10.6 Å². The van der Waals surface area contributed by atoms with E-state index in [1.807, 2.05) is 0 Å². The van der Waals surface area contributed by atoms with E-state index in [9.17, 15) is 27.6 Å². The summed E-state index contributed by atoms with van der Waals surface area (Å²) in [5, 5.41) is 10.4. The van der Waals surface area contributed by atoms with Crippen LogP contribution in [0.2, 0.25) is 5.02 Å². The lowest BCUT2D eigenvalue weighted by molar-refractivity contribution is -0.138. The lowest BCUT2D eigenvalue weighted by atomic mass is 9.96. The molecular weight excluding hydrogens is 599 g/mol. The van der Waals surface area contributed by atoms with E-state index in [0.717, 1.165) is 16.3 Å². The van der Waals surface area contributed by atoms with Gasteiger partial charge in [0.05, 0.1) is 5.56 Å². The Kier molecular flexibility index (Phi) is 8.16. The summed E-state index contributed by atoms with van der Waals surface area (Å²) in [6.45, 7) is 2.07. The average Bonchev–Trinajstić information content (AvgIpc) is 3.32. The maximum Gasteiger partial charge on any atom is 0.419 e. The maximum atomic E-state index is 14.1. The summed E-state index contributed by atoms with van der Waals surface area (Å²) in [5.41, 5.74) is 0.981. The first-order valence-corrected chi connectivity index (χ1v) is 14.7. The van der Waals surface area contributed by atoms with Crippen molar-refractivity contribution in [2.75, 3.05) is 24.5 Å². The summed E-state index contributed by atoms with van der Waals surface area (Å²) < 4.78 is 44.7. The Morgan fingerprint density at radius 2 is 1.82 bits per heavy atom. The number of anilines is 1. The highest BCUT2D eigenvalue weighted by molar-refractivity contribution is 6.30. The second kappa shape index (κ2) is 12.0. The molecule has 1 atom stereocenters. The largest absolute Gasteiger partial charge is 0.419 e. The first kappa shape index (κ1) is 29.8.